The maximum atomic E-state index is 11.2. The molecule has 1 aliphatic carbocycles. The van der Waals surface area contributed by atoms with E-state index in [1.807, 2.05) is 0 Å². The average molecular weight is 249 g/mol. The molecule has 2 unspecified atom stereocenters. The Hall–Kier alpha value is -2.15. The number of carbonyl (C=O) groups is 1. The van der Waals surface area contributed by atoms with Gasteiger partial charge in [0.1, 0.15) is 11.5 Å². The highest BCUT2D eigenvalue weighted by atomic mass is 16.8. The van der Waals surface area contributed by atoms with Crippen molar-refractivity contribution in [1.82, 2.24) is 0 Å². The molecule has 0 saturated heterocycles. The number of hydrogen-bond donors (Lipinski definition) is 3. The van der Waals surface area contributed by atoms with Gasteiger partial charge >= 0.3 is 0 Å². The number of nitrogens with one attached hydrogen (secondary N) is 1. The first kappa shape index (κ1) is 12.3. The SMILES string of the molecule is O=C1C=CC([NH+]([O-])O)C(Oc2cccc(O)c2)=C1. The monoisotopic (exact) mass is 249 g/mol. The highest BCUT2D eigenvalue weighted by Crippen LogP contribution is 2.21. The molecule has 2 rings (SSSR count). The number of rotatable bonds is 3. The molecule has 0 fully saturated rings. The van der Waals surface area contributed by atoms with E-state index in [0.29, 0.717) is 0 Å². The Labute approximate surface area is 103 Å². The van der Waals surface area contributed by atoms with Gasteiger partial charge in [-0.25, -0.2) is 10.4 Å². The number of ether oxygens (including phenoxy) is 1. The van der Waals surface area contributed by atoms with E-state index in [1.54, 1.807) is 12.1 Å². The van der Waals surface area contributed by atoms with Crippen molar-refractivity contribution >= 4 is 5.78 Å². The Kier molecular flexibility index (Phi) is 3.42. The summed E-state index contributed by atoms with van der Waals surface area (Å²) < 4.78 is 5.33. The third-order valence-electron chi connectivity index (χ3n) is 2.36. The van der Waals surface area contributed by atoms with Gasteiger partial charge in [-0.15, -0.1) is 0 Å². The number of benzene rings is 1. The summed E-state index contributed by atoms with van der Waals surface area (Å²) in [6.07, 6.45) is 3.58. The van der Waals surface area contributed by atoms with Crippen molar-refractivity contribution < 1.29 is 25.1 Å². The van der Waals surface area contributed by atoms with E-state index in [4.69, 9.17) is 9.94 Å². The average Bonchev–Trinajstić information content (AvgIpc) is 2.28. The Morgan fingerprint density at radius 1 is 1.39 bits per heavy atom. The zero-order valence-electron chi connectivity index (χ0n) is 9.24. The fourth-order valence-electron chi connectivity index (χ4n) is 1.54. The smallest absolute Gasteiger partial charge is 0.194 e. The summed E-state index contributed by atoms with van der Waals surface area (Å²) in [6.45, 7) is 0. The summed E-state index contributed by atoms with van der Waals surface area (Å²) in [4.78, 5) is 11.2. The molecule has 1 aromatic carbocycles. The largest absolute Gasteiger partial charge is 0.599 e. The predicted molar refractivity (Wildman–Crippen MR) is 60.9 cm³/mol. The lowest BCUT2D eigenvalue weighted by Gasteiger charge is -2.25. The molecule has 3 N–H and O–H groups in total. The van der Waals surface area contributed by atoms with Crippen LogP contribution < -0.4 is 9.96 Å². The highest BCUT2D eigenvalue weighted by molar-refractivity contribution is 6.00. The number of phenols is 1. The van der Waals surface area contributed by atoms with Gasteiger partial charge in [-0.2, -0.15) is 0 Å². The summed E-state index contributed by atoms with van der Waals surface area (Å²) in [5.74, 6) is -0.0310. The van der Waals surface area contributed by atoms with Gasteiger partial charge in [0, 0.05) is 12.1 Å². The standard InChI is InChI=1S/C12H11NO5/c14-8-2-1-3-10(6-8)18-12-7-9(15)4-5-11(12)13(16)17/h1-7,11,13-14,16H. The fourth-order valence-corrected chi connectivity index (χ4v) is 1.54. The van der Waals surface area contributed by atoms with Gasteiger partial charge < -0.3 is 15.1 Å². The molecule has 6 heteroatoms. The minimum Gasteiger partial charge on any atom is -0.599 e. The van der Waals surface area contributed by atoms with Crippen LogP contribution >= 0.6 is 0 Å². The maximum Gasteiger partial charge on any atom is 0.194 e. The van der Waals surface area contributed by atoms with Crippen molar-refractivity contribution in [1.29, 1.82) is 0 Å². The molecule has 2 atom stereocenters. The summed E-state index contributed by atoms with van der Waals surface area (Å²) in [6, 6.07) is 4.92. The zero-order valence-corrected chi connectivity index (χ0v) is 9.24. The fraction of sp³-hybridized carbons (Fsp3) is 0.0833. The number of hydroxylamine groups is 2. The third kappa shape index (κ3) is 2.75. The number of ketones is 1. The van der Waals surface area contributed by atoms with Gasteiger partial charge in [-0.3, -0.25) is 4.79 Å². The molecule has 0 saturated carbocycles. The van der Waals surface area contributed by atoms with Crippen LogP contribution in [-0.2, 0) is 4.79 Å². The minimum absolute atomic E-state index is 0.00217. The Bertz CT molecular complexity index is 521. The van der Waals surface area contributed by atoms with Crippen molar-refractivity contribution in [2.45, 2.75) is 6.04 Å². The molecule has 0 aromatic heterocycles. The number of quaternary nitrogens is 1. The predicted octanol–water partition coefficient (Wildman–Crippen LogP) is -0.0657. The summed E-state index contributed by atoms with van der Waals surface area (Å²) in [5.41, 5.74) is 0. The normalized spacial score (nSPS) is 20.4. The van der Waals surface area contributed by atoms with Crippen molar-refractivity contribution in [2.24, 2.45) is 0 Å². The van der Waals surface area contributed by atoms with Gasteiger partial charge in [0.15, 0.2) is 17.6 Å². The molecular formula is C12H11NO5. The lowest BCUT2D eigenvalue weighted by atomic mass is 10.1. The van der Waals surface area contributed by atoms with E-state index in [-0.39, 0.29) is 23.0 Å². The van der Waals surface area contributed by atoms with Gasteiger partial charge in [-0.1, -0.05) is 6.07 Å². The van der Waals surface area contributed by atoms with Gasteiger partial charge in [0.2, 0.25) is 0 Å². The van der Waals surface area contributed by atoms with Crippen molar-refractivity contribution in [3.05, 3.63) is 53.5 Å². The number of hydrogen-bond acceptors (Lipinski definition) is 5. The Balaban J connectivity index is 2.23. The second-order valence-corrected chi connectivity index (χ2v) is 3.72. The first-order chi connectivity index (χ1) is 8.56. The minimum atomic E-state index is -1.11. The second-order valence-electron chi connectivity index (χ2n) is 3.72. The van der Waals surface area contributed by atoms with Gasteiger partial charge in [0.05, 0.1) is 0 Å². The number of aromatic hydroxyl groups is 1. The van der Waals surface area contributed by atoms with E-state index in [0.717, 1.165) is 6.08 Å². The van der Waals surface area contributed by atoms with Gasteiger partial charge in [0.25, 0.3) is 0 Å². The van der Waals surface area contributed by atoms with Gasteiger partial charge in [-0.05, 0) is 24.3 Å². The summed E-state index contributed by atoms with van der Waals surface area (Å²) >= 11 is 0. The molecule has 6 nitrogen and oxygen atoms in total. The van der Waals surface area contributed by atoms with Crippen LogP contribution in [0.1, 0.15) is 0 Å². The van der Waals surface area contributed by atoms with Crippen LogP contribution in [0.15, 0.2) is 48.3 Å². The highest BCUT2D eigenvalue weighted by Gasteiger charge is 2.24. The van der Waals surface area contributed by atoms with E-state index in [1.165, 1.54) is 24.3 Å². The first-order valence-corrected chi connectivity index (χ1v) is 5.20. The van der Waals surface area contributed by atoms with E-state index >= 15 is 0 Å². The molecular weight excluding hydrogens is 238 g/mol. The Morgan fingerprint density at radius 3 is 2.83 bits per heavy atom. The molecule has 0 amide bonds. The molecule has 0 radical (unpaired) electrons. The molecule has 94 valence electrons. The topological polar surface area (TPSA) is 94.3 Å². The van der Waals surface area contributed by atoms with Crippen molar-refractivity contribution in [2.75, 3.05) is 0 Å². The lowest BCUT2D eigenvalue weighted by molar-refractivity contribution is -1.06. The van der Waals surface area contributed by atoms with Crippen LogP contribution in [0, 0.1) is 5.21 Å². The van der Waals surface area contributed by atoms with Crippen LogP contribution in [0.4, 0.5) is 0 Å². The Morgan fingerprint density at radius 2 is 2.17 bits per heavy atom. The molecule has 1 aromatic rings. The maximum absolute atomic E-state index is 11.2. The van der Waals surface area contributed by atoms with Crippen molar-refractivity contribution in [3.63, 3.8) is 0 Å². The quantitative estimate of drug-likeness (QED) is 0.652. The second kappa shape index (κ2) is 5.01. The zero-order chi connectivity index (χ0) is 13.1. The number of allylic oxidation sites excluding steroid dienone is 2. The summed E-state index contributed by atoms with van der Waals surface area (Å²) in [7, 11) is 0. The van der Waals surface area contributed by atoms with E-state index in [2.05, 4.69) is 0 Å². The molecule has 0 bridgehead atoms. The van der Waals surface area contributed by atoms with Crippen LogP contribution in [-0.4, -0.2) is 22.1 Å². The van der Waals surface area contributed by atoms with E-state index < -0.39 is 11.3 Å². The molecule has 0 aliphatic heterocycles. The number of carbonyl (C=O) groups excluding carboxylic acids is 1. The number of phenolic OH excluding ortho intramolecular Hbond substituents is 1. The lowest BCUT2D eigenvalue weighted by Crippen LogP contribution is -3.09. The third-order valence-corrected chi connectivity index (χ3v) is 2.36. The van der Waals surface area contributed by atoms with Crippen LogP contribution in [0.5, 0.6) is 11.5 Å². The van der Waals surface area contributed by atoms with Crippen molar-refractivity contribution in [3.8, 4) is 11.5 Å². The van der Waals surface area contributed by atoms with Crippen LogP contribution in [0.25, 0.3) is 0 Å². The van der Waals surface area contributed by atoms with Crippen LogP contribution in [0.2, 0.25) is 0 Å². The first-order valence-electron chi connectivity index (χ1n) is 5.20. The van der Waals surface area contributed by atoms with E-state index in [9.17, 15) is 15.1 Å². The molecule has 0 spiro atoms. The molecule has 0 heterocycles. The molecule has 1 aliphatic rings. The molecule has 18 heavy (non-hydrogen) atoms. The van der Waals surface area contributed by atoms with Crippen LogP contribution in [0.3, 0.4) is 0 Å². The summed E-state index contributed by atoms with van der Waals surface area (Å²) in [5, 5.41) is 28.2.